The van der Waals surface area contributed by atoms with Gasteiger partial charge in [-0.2, -0.15) is 0 Å². The molecule has 1 N–H and O–H groups in total. The Labute approximate surface area is 125 Å². The van der Waals surface area contributed by atoms with Gasteiger partial charge in [-0.15, -0.1) is 0 Å². The monoisotopic (exact) mass is 333 g/mol. The lowest BCUT2D eigenvalue weighted by Gasteiger charge is -2.08. The number of carbonyl (C=O) groups is 1. The molecule has 0 aliphatic carbocycles. The Morgan fingerprint density at radius 1 is 1.20 bits per heavy atom. The van der Waals surface area contributed by atoms with E-state index >= 15 is 0 Å². The third kappa shape index (κ3) is 3.78. The minimum absolute atomic E-state index is 0.0752. The summed E-state index contributed by atoms with van der Waals surface area (Å²) in [5.41, 5.74) is 2.03. The van der Waals surface area contributed by atoms with E-state index in [0.29, 0.717) is 21.4 Å². The number of rotatable bonds is 4. The normalized spacial score (nSPS) is 11.2. The fourth-order valence-corrected chi connectivity index (χ4v) is 2.17. The Kier molecular flexibility index (Phi) is 4.69. The molecule has 0 bridgehead atoms. The minimum atomic E-state index is -0.315. The highest BCUT2D eigenvalue weighted by atomic mass is 79.9. The summed E-state index contributed by atoms with van der Waals surface area (Å²) in [5.74, 6) is -0.391. The van der Waals surface area contributed by atoms with Gasteiger partial charge in [0.1, 0.15) is 5.82 Å². The number of anilines is 1. The number of hydrogen-bond donors (Lipinski definition) is 1. The summed E-state index contributed by atoms with van der Waals surface area (Å²) in [5, 5.41) is 3.06. The van der Waals surface area contributed by atoms with Gasteiger partial charge >= 0.3 is 0 Å². The van der Waals surface area contributed by atoms with Gasteiger partial charge in [0, 0.05) is 21.8 Å². The van der Waals surface area contributed by atoms with Gasteiger partial charge in [-0.25, -0.2) is 4.39 Å². The van der Waals surface area contributed by atoms with E-state index in [-0.39, 0.29) is 11.6 Å². The van der Waals surface area contributed by atoms with Crippen molar-refractivity contribution in [3.8, 4) is 0 Å². The van der Waals surface area contributed by atoms with E-state index < -0.39 is 0 Å². The molecule has 2 rings (SSSR count). The second-order valence-corrected chi connectivity index (χ2v) is 5.16. The second kappa shape index (κ2) is 6.48. The van der Waals surface area contributed by atoms with Crippen molar-refractivity contribution in [3.05, 3.63) is 76.2 Å². The highest BCUT2D eigenvalue weighted by molar-refractivity contribution is 9.10. The molecule has 0 saturated heterocycles. The van der Waals surface area contributed by atoms with Crippen molar-refractivity contribution in [2.24, 2.45) is 0 Å². The highest BCUT2D eigenvalue weighted by Gasteiger charge is 2.04. The number of nitrogens with one attached hydrogen (secondary N) is 1. The average molecular weight is 334 g/mol. The van der Waals surface area contributed by atoms with Gasteiger partial charge in [-0.3, -0.25) is 4.79 Å². The second-order valence-electron chi connectivity index (χ2n) is 4.31. The van der Waals surface area contributed by atoms with E-state index in [9.17, 15) is 9.18 Å². The van der Waals surface area contributed by atoms with Crippen LogP contribution in [0.1, 0.15) is 17.3 Å². The number of allylic oxidation sites excluding steroid dienone is 2. The van der Waals surface area contributed by atoms with Crippen LogP contribution in [0.25, 0.3) is 0 Å². The molecule has 0 unspecified atom stereocenters. The van der Waals surface area contributed by atoms with Crippen molar-refractivity contribution in [3.63, 3.8) is 0 Å². The Bertz CT molecular complexity index is 653. The smallest absolute Gasteiger partial charge is 0.187 e. The third-order valence-electron chi connectivity index (χ3n) is 2.67. The zero-order valence-electron chi connectivity index (χ0n) is 10.9. The molecule has 2 aromatic rings. The fraction of sp³-hybridized carbons (Fsp3) is 0.0625. The summed E-state index contributed by atoms with van der Waals surface area (Å²) in [6.07, 6.45) is 1.52. The zero-order chi connectivity index (χ0) is 14.5. The third-order valence-corrected chi connectivity index (χ3v) is 3.32. The number of benzene rings is 2. The first-order chi connectivity index (χ1) is 9.56. The van der Waals surface area contributed by atoms with Gasteiger partial charge in [0.05, 0.1) is 5.69 Å². The first kappa shape index (κ1) is 14.5. The molecule has 2 aromatic carbocycles. The summed E-state index contributed by atoms with van der Waals surface area (Å²) in [6.45, 7) is 1.79. The van der Waals surface area contributed by atoms with Crippen molar-refractivity contribution >= 4 is 27.4 Å². The lowest BCUT2D eigenvalue weighted by Crippen LogP contribution is -2.01. The Morgan fingerprint density at radius 3 is 2.55 bits per heavy atom. The first-order valence-corrected chi connectivity index (χ1v) is 6.85. The van der Waals surface area contributed by atoms with Crippen LogP contribution in [0.15, 0.2) is 64.8 Å². The predicted octanol–water partition coefficient (Wildman–Crippen LogP) is 4.79. The van der Waals surface area contributed by atoms with Crippen LogP contribution in [0, 0.1) is 5.82 Å². The number of hydrogen-bond acceptors (Lipinski definition) is 2. The zero-order valence-corrected chi connectivity index (χ0v) is 12.4. The molecule has 2 nitrogen and oxygen atoms in total. The van der Waals surface area contributed by atoms with Crippen LogP contribution >= 0.6 is 15.9 Å². The number of halogens is 2. The largest absolute Gasteiger partial charge is 0.358 e. The fourth-order valence-electron chi connectivity index (χ4n) is 1.72. The molecule has 0 heterocycles. The topological polar surface area (TPSA) is 29.1 Å². The molecular weight excluding hydrogens is 321 g/mol. The molecule has 0 amide bonds. The minimum Gasteiger partial charge on any atom is -0.358 e. The van der Waals surface area contributed by atoms with Crippen molar-refractivity contribution in [2.75, 3.05) is 5.32 Å². The molecule has 0 aliphatic rings. The lowest BCUT2D eigenvalue weighted by atomic mass is 10.1. The van der Waals surface area contributed by atoms with E-state index in [0.717, 1.165) is 0 Å². The summed E-state index contributed by atoms with van der Waals surface area (Å²) >= 11 is 3.27. The molecule has 4 heteroatoms. The highest BCUT2D eigenvalue weighted by Crippen LogP contribution is 2.24. The molecule has 0 spiro atoms. The quantitative estimate of drug-likeness (QED) is 0.644. The number of carbonyl (C=O) groups excluding carboxylic acids is 1. The average Bonchev–Trinajstić information content (AvgIpc) is 2.43. The van der Waals surface area contributed by atoms with Crippen LogP contribution in [-0.2, 0) is 0 Å². The molecule has 0 saturated carbocycles. The maximum Gasteiger partial charge on any atom is 0.187 e. The van der Waals surface area contributed by atoms with Gasteiger partial charge in [0.15, 0.2) is 5.78 Å². The number of ketones is 1. The van der Waals surface area contributed by atoms with Crippen molar-refractivity contribution in [2.45, 2.75) is 6.92 Å². The maximum atomic E-state index is 13.0. The summed E-state index contributed by atoms with van der Waals surface area (Å²) in [4.78, 5) is 12.0. The first-order valence-electron chi connectivity index (χ1n) is 6.06. The molecule has 102 valence electrons. The van der Waals surface area contributed by atoms with Crippen molar-refractivity contribution < 1.29 is 9.18 Å². The van der Waals surface area contributed by atoms with Gasteiger partial charge in [-0.1, -0.05) is 30.3 Å². The van der Waals surface area contributed by atoms with Gasteiger partial charge in [0.2, 0.25) is 0 Å². The Balaban J connectivity index is 2.13. The van der Waals surface area contributed by atoms with Crippen molar-refractivity contribution in [1.29, 1.82) is 0 Å². The van der Waals surface area contributed by atoms with E-state index in [1.807, 2.05) is 18.2 Å². The maximum absolute atomic E-state index is 13.0. The summed E-state index contributed by atoms with van der Waals surface area (Å²) < 4.78 is 13.6. The molecule has 0 fully saturated rings. The van der Waals surface area contributed by atoms with Crippen molar-refractivity contribution in [1.82, 2.24) is 0 Å². The Morgan fingerprint density at radius 2 is 1.90 bits per heavy atom. The molecule has 0 aliphatic heterocycles. The molecule has 20 heavy (non-hydrogen) atoms. The summed E-state index contributed by atoms with van der Waals surface area (Å²) in [6, 6.07) is 13.4. The lowest BCUT2D eigenvalue weighted by molar-refractivity contribution is 0.104. The van der Waals surface area contributed by atoms with Gasteiger partial charge < -0.3 is 5.32 Å². The summed E-state index contributed by atoms with van der Waals surface area (Å²) in [7, 11) is 0. The van der Waals surface area contributed by atoms with Crippen LogP contribution in [0.4, 0.5) is 10.1 Å². The van der Waals surface area contributed by atoms with E-state index in [1.54, 1.807) is 25.1 Å². The molecular formula is C16H13BrFNO. The Hall–Kier alpha value is -1.94. The van der Waals surface area contributed by atoms with E-state index in [2.05, 4.69) is 21.2 Å². The molecule has 0 atom stereocenters. The molecule has 0 radical (unpaired) electrons. The predicted molar refractivity (Wildman–Crippen MR) is 82.3 cm³/mol. The SMILES string of the molecule is C/C(=C\C(=O)c1ccccc1)Nc1ccc(F)cc1Br. The van der Waals surface area contributed by atoms with Crippen LogP contribution < -0.4 is 5.32 Å². The van der Waals surface area contributed by atoms with E-state index in [4.69, 9.17) is 0 Å². The molecule has 0 aromatic heterocycles. The van der Waals surface area contributed by atoms with E-state index in [1.165, 1.54) is 18.2 Å². The standard InChI is InChI=1S/C16H13BrFNO/c1-11(9-16(20)12-5-3-2-4-6-12)19-15-8-7-13(18)10-14(15)17/h2-10,19H,1H3/b11-9+. The van der Waals surface area contributed by atoms with Crippen LogP contribution in [0.5, 0.6) is 0 Å². The van der Waals surface area contributed by atoms with Crippen LogP contribution in [0.2, 0.25) is 0 Å². The van der Waals surface area contributed by atoms with Crippen LogP contribution in [-0.4, -0.2) is 5.78 Å². The van der Waals surface area contributed by atoms with Gasteiger partial charge in [0.25, 0.3) is 0 Å². The van der Waals surface area contributed by atoms with Gasteiger partial charge in [-0.05, 0) is 41.1 Å². The van der Waals surface area contributed by atoms with Crippen LogP contribution in [0.3, 0.4) is 0 Å².